The van der Waals surface area contributed by atoms with Crippen LogP contribution in [-0.2, 0) is 9.59 Å². The van der Waals surface area contributed by atoms with Crippen molar-refractivity contribution in [3.63, 3.8) is 0 Å². The smallest absolute Gasteiger partial charge is 0.314 e. The predicted octanol–water partition coefficient (Wildman–Crippen LogP) is -0.689. The van der Waals surface area contributed by atoms with E-state index in [9.17, 15) is 19.5 Å². The molecule has 0 radical (unpaired) electrons. The monoisotopic (exact) mass is 329 g/mol. The van der Waals surface area contributed by atoms with Gasteiger partial charge in [-0.2, -0.15) is 0 Å². The van der Waals surface area contributed by atoms with Crippen LogP contribution in [0.1, 0.15) is 16.2 Å². The number of carboxylic acid groups (broad SMARTS) is 1. The van der Waals surface area contributed by atoms with E-state index in [2.05, 4.69) is 15.3 Å². The Morgan fingerprint density at radius 2 is 2.25 bits per heavy atom. The molecule has 2 fully saturated rings. The minimum atomic E-state index is -1.25. The number of aromatic nitrogens is 3. The number of nitrogens with one attached hydrogen (secondary N) is 1. The summed E-state index contributed by atoms with van der Waals surface area (Å²) in [6.07, 6.45) is 3.27. The van der Waals surface area contributed by atoms with Gasteiger partial charge in [-0.05, 0) is 13.0 Å². The molecule has 4 heterocycles. The highest BCUT2D eigenvalue weighted by atomic mass is 16.4. The summed E-state index contributed by atoms with van der Waals surface area (Å²) in [5, 5.41) is 12.2. The zero-order valence-corrected chi connectivity index (χ0v) is 12.9. The molecule has 0 bridgehead atoms. The summed E-state index contributed by atoms with van der Waals surface area (Å²) in [6, 6.07) is 1.69. The van der Waals surface area contributed by atoms with Gasteiger partial charge < -0.3 is 15.3 Å². The number of aryl methyl sites for hydroxylation is 1. The third kappa shape index (κ3) is 1.78. The van der Waals surface area contributed by atoms with E-state index in [1.807, 2.05) is 0 Å². The van der Waals surface area contributed by atoms with E-state index in [4.69, 9.17) is 0 Å². The summed E-state index contributed by atoms with van der Waals surface area (Å²) in [7, 11) is 0. The molecule has 0 aliphatic carbocycles. The number of hydrogen-bond donors (Lipinski definition) is 2. The van der Waals surface area contributed by atoms with Gasteiger partial charge in [-0.15, -0.1) is 0 Å². The fourth-order valence-corrected chi connectivity index (χ4v) is 3.64. The second kappa shape index (κ2) is 4.76. The standard InChI is InChI=1S/C15H15N5O4/c1-8-10(20-4-2-3-16-14(20)18-8)12(22)19-5-9-11(21)17-6-15(9,7-19)13(23)24/h2-4,9H,5-7H2,1H3,(H,17,21)(H,23,24)/t9-,15+/m1/s1. The van der Waals surface area contributed by atoms with Crippen LogP contribution in [0.3, 0.4) is 0 Å². The molecule has 2 N–H and O–H groups in total. The second-order valence-electron chi connectivity index (χ2n) is 6.25. The molecular weight excluding hydrogens is 314 g/mol. The first kappa shape index (κ1) is 14.6. The lowest BCUT2D eigenvalue weighted by Crippen LogP contribution is -2.41. The molecule has 0 unspecified atom stereocenters. The third-order valence-electron chi connectivity index (χ3n) is 4.93. The minimum Gasteiger partial charge on any atom is -0.481 e. The van der Waals surface area contributed by atoms with Gasteiger partial charge in [0.1, 0.15) is 11.1 Å². The van der Waals surface area contributed by atoms with Crippen molar-refractivity contribution >= 4 is 23.6 Å². The number of likely N-dealkylation sites (tertiary alicyclic amines) is 1. The van der Waals surface area contributed by atoms with Gasteiger partial charge in [0.05, 0.1) is 11.6 Å². The van der Waals surface area contributed by atoms with Gasteiger partial charge in [-0.25, -0.2) is 9.97 Å². The Labute approximate surface area is 136 Å². The lowest BCUT2D eigenvalue weighted by atomic mass is 9.81. The van der Waals surface area contributed by atoms with Crippen molar-refractivity contribution in [2.45, 2.75) is 6.92 Å². The van der Waals surface area contributed by atoms with Crippen LogP contribution < -0.4 is 5.32 Å². The number of carbonyl (C=O) groups is 3. The van der Waals surface area contributed by atoms with Crippen molar-refractivity contribution in [3.8, 4) is 0 Å². The van der Waals surface area contributed by atoms with E-state index in [1.165, 1.54) is 4.90 Å². The molecule has 124 valence electrons. The number of aliphatic carboxylic acids is 1. The van der Waals surface area contributed by atoms with Gasteiger partial charge in [0.2, 0.25) is 11.7 Å². The first-order chi connectivity index (χ1) is 11.4. The van der Waals surface area contributed by atoms with Crippen LogP contribution in [-0.4, -0.2) is 61.8 Å². The molecule has 2 atom stereocenters. The van der Waals surface area contributed by atoms with E-state index >= 15 is 0 Å². The summed E-state index contributed by atoms with van der Waals surface area (Å²) in [6.45, 7) is 1.84. The van der Waals surface area contributed by atoms with Crippen molar-refractivity contribution in [2.24, 2.45) is 11.3 Å². The van der Waals surface area contributed by atoms with Gasteiger partial charge >= 0.3 is 5.97 Å². The maximum atomic E-state index is 13.0. The Hall–Kier alpha value is -2.97. The number of imidazole rings is 1. The van der Waals surface area contributed by atoms with Crippen LogP contribution >= 0.6 is 0 Å². The fraction of sp³-hybridized carbons (Fsp3) is 0.400. The summed E-state index contributed by atoms with van der Waals surface area (Å²) in [5.74, 6) is -2.03. The molecular formula is C15H15N5O4. The normalized spacial score (nSPS) is 25.8. The number of hydrogen-bond acceptors (Lipinski definition) is 5. The van der Waals surface area contributed by atoms with E-state index in [-0.39, 0.29) is 31.4 Å². The lowest BCUT2D eigenvalue weighted by Gasteiger charge is -2.22. The largest absolute Gasteiger partial charge is 0.481 e. The maximum Gasteiger partial charge on any atom is 0.314 e. The Morgan fingerprint density at radius 3 is 2.96 bits per heavy atom. The number of nitrogens with zero attached hydrogens (tertiary/aromatic N) is 4. The number of carboxylic acids is 1. The zero-order valence-electron chi connectivity index (χ0n) is 12.9. The summed E-state index contributed by atoms with van der Waals surface area (Å²) < 4.78 is 1.58. The van der Waals surface area contributed by atoms with Gasteiger partial charge in [-0.1, -0.05) is 0 Å². The Balaban J connectivity index is 1.72. The topological polar surface area (TPSA) is 117 Å². The van der Waals surface area contributed by atoms with Crippen molar-refractivity contribution in [2.75, 3.05) is 19.6 Å². The molecule has 0 aromatic carbocycles. The molecule has 2 aromatic rings. The van der Waals surface area contributed by atoms with Crippen LogP contribution in [0.2, 0.25) is 0 Å². The minimum absolute atomic E-state index is 0.00247. The maximum absolute atomic E-state index is 13.0. The van der Waals surface area contributed by atoms with Crippen molar-refractivity contribution < 1.29 is 19.5 Å². The van der Waals surface area contributed by atoms with Crippen LogP contribution in [0, 0.1) is 18.3 Å². The number of rotatable bonds is 2. The van der Waals surface area contributed by atoms with Crippen LogP contribution in [0.4, 0.5) is 0 Å². The highest BCUT2D eigenvalue weighted by Gasteiger charge is 2.60. The number of amides is 2. The second-order valence-corrected chi connectivity index (χ2v) is 6.25. The van der Waals surface area contributed by atoms with Gasteiger partial charge in [0.15, 0.2) is 0 Å². The summed E-state index contributed by atoms with van der Waals surface area (Å²) >= 11 is 0. The van der Waals surface area contributed by atoms with E-state index in [1.54, 1.807) is 29.8 Å². The van der Waals surface area contributed by atoms with E-state index < -0.39 is 17.3 Å². The molecule has 2 amide bonds. The van der Waals surface area contributed by atoms with Gasteiger partial charge in [0.25, 0.3) is 5.91 Å². The Morgan fingerprint density at radius 1 is 1.46 bits per heavy atom. The molecule has 24 heavy (non-hydrogen) atoms. The summed E-state index contributed by atoms with van der Waals surface area (Å²) in [4.78, 5) is 46.4. The quantitative estimate of drug-likeness (QED) is 0.753. The molecule has 2 saturated heterocycles. The van der Waals surface area contributed by atoms with Gasteiger partial charge in [0, 0.05) is 32.0 Å². The zero-order chi connectivity index (χ0) is 17.1. The molecule has 2 aliphatic rings. The number of fused-ring (bicyclic) bond motifs is 2. The van der Waals surface area contributed by atoms with Crippen molar-refractivity contribution in [1.29, 1.82) is 0 Å². The molecule has 4 rings (SSSR count). The van der Waals surface area contributed by atoms with Crippen LogP contribution in [0.25, 0.3) is 5.78 Å². The average Bonchev–Trinajstić information content (AvgIpc) is 3.18. The van der Waals surface area contributed by atoms with Crippen molar-refractivity contribution in [3.05, 3.63) is 29.8 Å². The molecule has 9 nitrogen and oxygen atoms in total. The average molecular weight is 329 g/mol. The Bertz CT molecular complexity index is 891. The highest BCUT2D eigenvalue weighted by Crippen LogP contribution is 2.40. The molecule has 0 spiro atoms. The van der Waals surface area contributed by atoms with Crippen LogP contribution in [0.5, 0.6) is 0 Å². The molecule has 2 aromatic heterocycles. The third-order valence-corrected chi connectivity index (χ3v) is 4.93. The first-order valence-corrected chi connectivity index (χ1v) is 7.54. The summed E-state index contributed by atoms with van der Waals surface area (Å²) in [5.41, 5.74) is -0.386. The van der Waals surface area contributed by atoms with Gasteiger partial charge in [-0.3, -0.25) is 18.8 Å². The SMILES string of the molecule is Cc1nc2ncccn2c1C(=O)N1C[C@@H]2C(=O)NC[C@]2(C(=O)O)C1. The fourth-order valence-electron chi connectivity index (χ4n) is 3.64. The lowest BCUT2D eigenvalue weighted by molar-refractivity contribution is -0.149. The highest BCUT2D eigenvalue weighted by molar-refractivity contribution is 5.98. The molecule has 9 heteroatoms. The molecule has 0 saturated carbocycles. The number of carbonyl (C=O) groups excluding carboxylic acids is 2. The Kier molecular flexibility index (Phi) is 2.90. The molecule has 2 aliphatic heterocycles. The van der Waals surface area contributed by atoms with E-state index in [0.29, 0.717) is 17.2 Å². The van der Waals surface area contributed by atoms with E-state index in [0.717, 1.165) is 0 Å². The van der Waals surface area contributed by atoms with Crippen LogP contribution in [0.15, 0.2) is 18.5 Å². The van der Waals surface area contributed by atoms with Crippen molar-refractivity contribution in [1.82, 2.24) is 24.6 Å². The first-order valence-electron chi connectivity index (χ1n) is 7.54. The predicted molar refractivity (Wildman–Crippen MR) is 80.2 cm³/mol.